The van der Waals surface area contributed by atoms with E-state index in [0.717, 1.165) is 173 Å². The monoisotopic (exact) mass is 1390 g/mol. The molecule has 0 aliphatic carbocycles. The number of esters is 2. The van der Waals surface area contributed by atoms with E-state index in [1.54, 1.807) is 0 Å². The lowest BCUT2D eigenvalue weighted by Crippen LogP contribution is -2.44. The minimum atomic E-state index is -1.64. The van der Waals surface area contributed by atoms with Gasteiger partial charge in [0.25, 0.3) is 0 Å². The number of unbranched alkanes of at least 4 members (excludes halogenated alkanes) is 20. The van der Waals surface area contributed by atoms with Gasteiger partial charge in [0.1, 0.15) is 13.2 Å². The molecule has 0 N–H and O–H groups in total. The maximum atomic E-state index is 13.0. The van der Waals surface area contributed by atoms with Crippen molar-refractivity contribution in [1.82, 2.24) is 0 Å². The largest absolute Gasteiger partial charge is 0.545 e. The number of carboxylic acid groups (broad SMARTS) is 1. The zero-order valence-corrected chi connectivity index (χ0v) is 64.7. The first-order valence-corrected chi connectivity index (χ1v) is 39.9. The van der Waals surface area contributed by atoms with Crippen LogP contribution < -0.4 is 5.11 Å². The van der Waals surface area contributed by atoms with E-state index in [1.807, 2.05) is 21.1 Å². The predicted molar refractivity (Wildman–Crippen MR) is 434 cm³/mol. The van der Waals surface area contributed by atoms with Gasteiger partial charge in [0.15, 0.2) is 12.4 Å². The Morgan fingerprint density at radius 2 is 0.535 bits per heavy atom. The summed E-state index contributed by atoms with van der Waals surface area (Å²) in [6, 6.07) is 0. The molecule has 0 aliphatic rings. The van der Waals surface area contributed by atoms with Crippen LogP contribution in [0.25, 0.3) is 0 Å². The Morgan fingerprint density at radius 3 is 0.792 bits per heavy atom. The van der Waals surface area contributed by atoms with Crippen molar-refractivity contribution in [1.29, 1.82) is 0 Å². The van der Waals surface area contributed by atoms with Crippen LogP contribution >= 0.6 is 0 Å². The summed E-state index contributed by atoms with van der Waals surface area (Å²) in [5, 5.41) is 11.9. The minimum Gasteiger partial charge on any atom is -0.545 e. The second-order valence-corrected chi connectivity index (χ2v) is 26.9. The SMILES string of the molecule is CC/C=C\C/C=C\C/C=C\C/C=C\C/C=C\C/C=C\C/C=C\C/C=C\C/C=C\C/C=C\CCCCCCCCCCCCC(=O)OC(COC(=O)CCCCCCCCCCCC/C=C\C/C=C\C/C=C\C/C=C\C/C=C\C/C=C\C/C=C\C/C=C\CC)COC(OCC[N+](C)(C)C)C(=O)[O-]. The molecule has 0 rings (SSSR count). The predicted octanol–water partition coefficient (Wildman–Crippen LogP) is 24.7. The van der Waals surface area contributed by atoms with Crippen LogP contribution in [0.15, 0.2) is 219 Å². The van der Waals surface area contributed by atoms with E-state index in [1.165, 1.54) is 77.0 Å². The van der Waals surface area contributed by atoms with Gasteiger partial charge >= 0.3 is 11.9 Å². The Labute approximate surface area is 619 Å². The first kappa shape index (κ1) is 94.6. The number of carboxylic acids is 1. The highest BCUT2D eigenvalue weighted by Gasteiger charge is 2.22. The van der Waals surface area contributed by atoms with Crippen molar-refractivity contribution < 1.29 is 42.9 Å². The van der Waals surface area contributed by atoms with E-state index in [2.05, 4.69) is 233 Å². The number of carbonyl (C=O) groups excluding carboxylic acids is 3. The number of hydrogen-bond acceptors (Lipinski definition) is 8. The van der Waals surface area contributed by atoms with Gasteiger partial charge in [-0.2, -0.15) is 0 Å². The molecule has 0 aromatic carbocycles. The fourth-order valence-corrected chi connectivity index (χ4v) is 10.2. The molecule has 566 valence electrons. The third-order valence-electron chi connectivity index (χ3n) is 16.2. The standard InChI is InChI=1S/C92H145NO8/c1-6-8-10-12-14-16-18-20-22-24-26-28-30-32-34-36-38-40-42-43-44-45-46-47-49-51-53-55-57-59-61-63-65-67-69-71-73-75-77-79-81-83-90(95)101-88(87-100-92(91(96)97)98-85-84-93(3,4)5)86-99-89(94)82-80-78-76-74-72-70-68-66-64-62-60-58-56-54-52-50-48-41-39-37-35-33-31-29-27-25-23-21-19-17-15-13-11-9-7-2/h8-11,14-17,20-23,26-29,32-35,38-41,43-44,46-47,50-53,56-59,88,92H,6-7,12-13,18-19,24-25,30-31,36-37,42,45,48-49,54-55,60-87H2,1-5H3/b10-8-,11-9-,16-14-,17-15-,22-20-,23-21-,28-26-,29-27-,34-32-,35-33-,40-38-,41-39-,44-43-,47-46-,52-50-,53-51-,58-56-,59-57-. The van der Waals surface area contributed by atoms with Crippen molar-refractivity contribution in [3.05, 3.63) is 219 Å². The number of nitrogens with zero attached hydrogens (tertiary/aromatic N) is 1. The van der Waals surface area contributed by atoms with Gasteiger partial charge in [0.2, 0.25) is 0 Å². The molecule has 0 amide bonds. The Bertz CT molecular complexity index is 2470. The fourth-order valence-electron chi connectivity index (χ4n) is 10.2. The van der Waals surface area contributed by atoms with Crippen LogP contribution in [0.3, 0.4) is 0 Å². The summed E-state index contributed by atoms with van der Waals surface area (Å²) in [7, 11) is 5.92. The van der Waals surface area contributed by atoms with Crippen molar-refractivity contribution in [2.75, 3.05) is 47.5 Å². The molecule has 0 bridgehead atoms. The molecule has 0 aromatic heterocycles. The maximum absolute atomic E-state index is 13.0. The summed E-state index contributed by atoms with van der Waals surface area (Å²) in [6.07, 6.45) is 122. The molecule has 0 saturated heterocycles. The number of quaternary nitrogens is 1. The summed E-state index contributed by atoms with van der Waals surface area (Å²) in [4.78, 5) is 37.6. The fraction of sp³-hybridized carbons (Fsp3) is 0.576. The highest BCUT2D eigenvalue weighted by molar-refractivity contribution is 5.70. The molecule has 0 radical (unpaired) electrons. The van der Waals surface area contributed by atoms with Gasteiger partial charge in [-0.25, -0.2) is 0 Å². The number of allylic oxidation sites excluding steroid dienone is 36. The molecular weight excluding hydrogens is 1250 g/mol. The first-order valence-electron chi connectivity index (χ1n) is 39.9. The third-order valence-corrected chi connectivity index (χ3v) is 16.2. The van der Waals surface area contributed by atoms with Crippen molar-refractivity contribution in [3.8, 4) is 0 Å². The highest BCUT2D eigenvalue weighted by atomic mass is 16.7. The number of likely N-dealkylation sites (N-methyl/N-ethyl adjacent to an activating group) is 1. The molecule has 0 aromatic rings. The van der Waals surface area contributed by atoms with Gasteiger partial charge in [-0.3, -0.25) is 9.59 Å². The zero-order chi connectivity index (χ0) is 73.2. The van der Waals surface area contributed by atoms with Crippen LogP contribution in [0.2, 0.25) is 0 Å². The van der Waals surface area contributed by atoms with Crippen LogP contribution in [0.5, 0.6) is 0 Å². The molecule has 0 fully saturated rings. The number of ether oxygens (including phenoxy) is 4. The average Bonchev–Trinajstić information content (AvgIpc) is 1.21. The molecule has 0 aliphatic heterocycles. The summed E-state index contributed by atoms with van der Waals surface area (Å²) in [6.45, 7) is 4.49. The molecule has 9 nitrogen and oxygen atoms in total. The first-order chi connectivity index (χ1) is 49.6. The molecular formula is C92H145NO8. The van der Waals surface area contributed by atoms with E-state index in [9.17, 15) is 19.5 Å². The van der Waals surface area contributed by atoms with Crippen LogP contribution in [0, 0.1) is 0 Å². The second-order valence-electron chi connectivity index (χ2n) is 26.9. The van der Waals surface area contributed by atoms with Crippen molar-refractivity contribution in [2.24, 2.45) is 0 Å². The third kappa shape index (κ3) is 80.8. The number of carbonyl (C=O) groups is 3. The Morgan fingerprint density at radius 1 is 0.297 bits per heavy atom. The van der Waals surface area contributed by atoms with Gasteiger partial charge in [-0.05, 0) is 154 Å². The van der Waals surface area contributed by atoms with Crippen molar-refractivity contribution in [2.45, 2.75) is 296 Å². The van der Waals surface area contributed by atoms with Gasteiger partial charge in [-0.15, -0.1) is 0 Å². The van der Waals surface area contributed by atoms with Crippen molar-refractivity contribution >= 4 is 17.9 Å². The number of rotatable bonds is 71. The second kappa shape index (κ2) is 79.3. The van der Waals surface area contributed by atoms with Crippen LogP contribution in [0.4, 0.5) is 0 Å². The zero-order valence-electron chi connectivity index (χ0n) is 64.7. The van der Waals surface area contributed by atoms with Gasteiger partial charge in [-0.1, -0.05) is 335 Å². The van der Waals surface area contributed by atoms with Gasteiger partial charge in [0, 0.05) is 12.8 Å². The van der Waals surface area contributed by atoms with Crippen molar-refractivity contribution in [3.63, 3.8) is 0 Å². The normalized spacial score (nSPS) is 13.9. The molecule has 0 spiro atoms. The quantitative estimate of drug-likeness (QED) is 0.0195. The number of aliphatic carboxylic acids is 1. The summed E-state index contributed by atoms with van der Waals surface area (Å²) < 4.78 is 22.8. The average molecular weight is 1390 g/mol. The van der Waals surface area contributed by atoms with Crippen LogP contribution in [0.1, 0.15) is 284 Å². The smallest absolute Gasteiger partial charge is 0.306 e. The molecule has 2 atom stereocenters. The van der Waals surface area contributed by atoms with E-state index >= 15 is 0 Å². The molecule has 2 unspecified atom stereocenters. The highest BCUT2D eigenvalue weighted by Crippen LogP contribution is 2.16. The molecule has 9 heteroatoms. The Kier molecular flexibility index (Phi) is 74.3. The lowest BCUT2D eigenvalue weighted by atomic mass is 10.0. The molecule has 101 heavy (non-hydrogen) atoms. The van der Waals surface area contributed by atoms with Gasteiger partial charge < -0.3 is 33.3 Å². The van der Waals surface area contributed by atoms with Gasteiger partial charge in [0.05, 0.1) is 40.3 Å². The van der Waals surface area contributed by atoms with E-state index in [-0.39, 0.29) is 38.6 Å². The minimum absolute atomic E-state index is 0.135. The van der Waals surface area contributed by atoms with E-state index in [0.29, 0.717) is 17.4 Å². The lowest BCUT2D eigenvalue weighted by Gasteiger charge is -2.26. The lowest BCUT2D eigenvalue weighted by molar-refractivity contribution is -0.870. The molecule has 0 saturated carbocycles. The van der Waals surface area contributed by atoms with E-state index < -0.39 is 24.3 Å². The topological polar surface area (TPSA) is 111 Å². The van der Waals surface area contributed by atoms with Crippen LogP contribution in [-0.4, -0.2) is 82.3 Å². The Hall–Kier alpha value is -6.39. The van der Waals surface area contributed by atoms with E-state index in [4.69, 9.17) is 18.9 Å². The summed E-state index contributed by atoms with van der Waals surface area (Å²) in [5.74, 6) is -2.31. The Balaban J connectivity index is 4.16. The summed E-state index contributed by atoms with van der Waals surface area (Å²) in [5.41, 5.74) is 0. The maximum Gasteiger partial charge on any atom is 0.306 e. The summed E-state index contributed by atoms with van der Waals surface area (Å²) >= 11 is 0. The molecule has 0 heterocycles. The number of hydrogen-bond donors (Lipinski definition) is 0. The van der Waals surface area contributed by atoms with Crippen LogP contribution in [-0.2, 0) is 33.3 Å².